The zero-order valence-corrected chi connectivity index (χ0v) is 10.3. The fraction of sp³-hybridized carbons (Fsp3) is 0.500. The summed E-state index contributed by atoms with van der Waals surface area (Å²) in [5.74, 6) is 5.43. The number of aliphatic hydroxyl groups is 2. The second-order valence-electron chi connectivity index (χ2n) is 4.42. The molecule has 2 aromatic heterocycles. The summed E-state index contributed by atoms with van der Waals surface area (Å²) in [5, 5.41) is 19.1. The molecule has 6 N–H and O–H groups in total. The van der Waals surface area contributed by atoms with Crippen molar-refractivity contribution in [2.45, 2.75) is 24.5 Å². The summed E-state index contributed by atoms with van der Waals surface area (Å²) in [5.41, 5.74) is 6.54. The van der Waals surface area contributed by atoms with Gasteiger partial charge in [0.15, 0.2) is 23.8 Å². The average Bonchev–Trinajstić information content (AvgIpc) is 3.00. The van der Waals surface area contributed by atoms with E-state index in [1.165, 1.54) is 17.2 Å². The Hall–Kier alpha value is -1.85. The quantitative estimate of drug-likeness (QED) is 0.464. The van der Waals surface area contributed by atoms with Gasteiger partial charge in [0, 0.05) is 0 Å². The van der Waals surface area contributed by atoms with Crippen LogP contribution in [-0.4, -0.2) is 54.7 Å². The number of anilines is 1. The molecule has 1 aliphatic heterocycles. The minimum Gasteiger partial charge on any atom is -0.394 e. The standard InChI is InChI=1S/C10H14N6O4/c11-8-5-9(14-2-13-8)16(3-15-5)10-7(20-12)6(18)4(1-17)19-10/h2-4,6-7,10,17-18H,1,12H2,(H2,11,13,14)/t4-,6-,7-,10-/m1/s1. The van der Waals surface area contributed by atoms with Gasteiger partial charge in [0.25, 0.3) is 0 Å². The SMILES string of the molecule is NO[C@@H]1[C@H](O)[C@@H](CO)O[C@H]1n1cnc2c(N)ncnc21. The molecule has 3 heterocycles. The van der Waals surface area contributed by atoms with Crippen LogP contribution in [0, 0.1) is 0 Å². The topological polar surface area (TPSA) is 155 Å². The molecule has 1 aliphatic rings. The maximum Gasteiger partial charge on any atom is 0.168 e. The third kappa shape index (κ3) is 1.82. The largest absolute Gasteiger partial charge is 0.394 e. The minimum atomic E-state index is -1.06. The lowest BCUT2D eigenvalue weighted by Crippen LogP contribution is -2.37. The maximum absolute atomic E-state index is 9.96. The number of hydrogen-bond donors (Lipinski definition) is 4. The summed E-state index contributed by atoms with van der Waals surface area (Å²) >= 11 is 0. The Morgan fingerprint density at radius 1 is 1.40 bits per heavy atom. The van der Waals surface area contributed by atoms with E-state index in [-0.39, 0.29) is 12.4 Å². The molecule has 2 aromatic rings. The van der Waals surface area contributed by atoms with Gasteiger partial charge < -0.3 is 20.7 Å². The van der Waals surface area contributed by atoms with E-state index >= 15 is 0 Å². The first-order chi connectivity index (χ1) is 9.67. The van der Waals surface area contributed by atoms with Crippen LogP contribution in [0.25, 0.3) is 11.2 Å². The third-order valence-corrected chi connectivity index (χ3v) is 3.31. The molecule has 0 unspecified atom stereocenters. The van der Waals surface area contributed by atoms with Crippen LogP contribution < -0.4 is 11.6 Å². The molecule has 4 atom stereocenters. The fourth-order valence-electron chi connectivity index (χ4n) is 2.30. The molecule has 10 heteroatoms. The summed E-state index contributed by atoms with van der Waals surface area (Å²) in [6.45, 7) is -0.360. The number of nitrogens with zero attached hydrogens (tertiary/aromatic N) is 4. The second kappa shape index (κ2) is 4.92. The average molecular weight is 282 g/mol. The minimum absolute atomic E-state index is 0.233. The number of hydrogen-bond acceptors (Lipinski definition) is 9. The van der Waals surface area contributed by atoms with Crippen molar-refractivity contribution in [3.8, 4) is 0 Å². The number of nitrogens with two attached hydrogens (primary N) is 2. The normalized spacial score (nSPS) is 30.1. The molecule has 20 heavy (non-hydrogen) atoms. The first-order valence-electron chi connectivity index (χ1n) is 5.90. The van der Waals surface area contributed by atoms with E-state index in [0.717, 1.165) is 0 Å². The lowest BCUT2D eigenvalue weighted by atomic mass is 10.1. The Morgan fingerprint density at radius 2 is 2.20 bits per heavy atom. The van der Waals surface area contributed by atoms with Gasteiger partial charge >= 0.3 is 0 Å². The van der Waals surface area contributed by atoms with Crippen LogP contribution in [0.1, 0.15) is 6.23 Å². The van der Waals surface area contributed by atoms with E-state index in [1.807, 2.05) is 0 Å². The Labute approximate surface area is 112 Å². The first kappa shape index (κ1) is 13.1. The summed E-state index contributed by atoms with van der Waals surface area (Å²) in [6.07, 6.45) is -0.758. The molecule has 0 bridgehead atoms. The predicted molar refractivity (Wildman–Crippen MR) is 65.8 cm³/mol. The van der Waals surface area contributed by atoms with Crippen molar-refractivity contribution >= 4 is 17.0 Å². The van der Waals surface area contributed by atoms with Crippen molar-refractivity contribution in [1.29, 1.82) is 0 Å². The molecular formula is C10H14N6O4. The maximum atomic E-state index is 9.96. The monoisotopic (exact) mass is 282 g/mol. The van der Waals surface area contributed by atoms with Gasteiger partial charge in [-0.25, -0.2) is 20.8 Å². The van der Waals surface area contributed by atoms with Gasteiger partial charge in [-0.1, -0.05) is 0 Å². The van der Waals surface area contributed by atoms with Crippen molar-refractivity contribution in [2.75, 3.05) is 12.3 Å². The number of imidazole rings is 1. The first-order valence-corrected chi connectivity index (χ1v) is 5.90. The highest BCUT2D eigenvalue weighted by Crippen LogP contribution is 2.32. The van der Waals surface area contributed by atoms with E-state index in [9.17, 15) is 10.2 Å². The fourth-order valence-corrected chi connectivity index (χ4v) is 2.30. The van der Waals surface area contributed by atoms with Crippen LogP contribution >= 0.6 is 0 Å². The second-order valence-corrected chi connectivity index (χ2v) is 4.42. The molecular weight excluding hydrogens is 268 g/mol. The van der Waals surface area contributed by atoms with Crippen molar-refractivity contribution in [1.82, 2.24) is 19.5 Å². The number of aliphatic hydroxyl groups excluding tert-OH is 2. The Kier molecular flexibility index (Phi) is 3.23. The Balaban J connectivity index is 2.04. The number of nitrogen functional groups attached to an aromatic ring is 1. The molecule has 10 nitrogen and oxygen atoms in total. The van der Waals surface area contributed by atoms with Gasteiger partial charge in [0.1, 0.15) is 24.1 Å². The van der Waals surface area contributed by atoms with Crippen molar-refractivity contribution in [3.63, 3.8) is 0 Å². The molecule has 108 valence electrons. The molecule has 0 saturated carbocycles. The van der Waals surface area contributed by atoms with Gasteiger partial charge in [-0.05, 0) is 0 Å². The van der Waals surface area contributed by atoms with Gasteiger partial charge in [-0.3, -0.25) is 9.40 Å². The van der Waals surface area contributed by atoms with E-state index in [1.54, 1.807) is 0 Å². The summed E-state index contributed by atoms with van der Waals surface area (Å²) in [6, 6.07) is 0. The molecule has 0 amide bonds. The predicted octanol–water partition coefficient (Wildman–Crippen LogP) is -2.08. The van der Waals surface area contributed by atoms with Gasteiger partial charge in [-0.15, -0.1) is 0 Å². The van der Waals surface area contributed by atoms with Crippen molar-refractivity contribution < 1.29 is 19.8 Å². The Bertz CT molecular complexity index is 619. The third-order valence-electron chi connectivity index (χ3n) is 3.31. The van der Waals surface area contributed by atoms with Crippen molar-refractivity contribution in [2.24, 2.45) is 5.90 Å². The van der Waals surface area contributed by atoms with Crippen LogP contribution in [0.2, 0.25) is 0 Å². The van der Waals surface area contributed by atoms with Crippen LogP contribution in [0.5, 0.6) is 0 Å². The van der Waals surface area contributed by atoms with Gasteiger partial charge in [0.2, 0.25) is 0 Å². The molecule has 0 aromatic carbocycles. The molecule has 1 saturated heterocycles. The highest BCUT2D eigenvalue weighted by Gasteiger charge is 2.45. The summed E-state index contributed by atoms with van der Waals surface area (Å²) in [7, 11) is 0. The van der Waals surface area contributed by atoms with Crippen LogP contribution in [-0.2, 0) is 9.57 Å². The Morgan fingerprint density at radius 3 is 2.90 bits per heavy atom. The van der Waals surface area contributed by atoms with E-state index < -0.39 is 24.5 Å². The number of rotatable bonds is 3. The lowest BCUT2D eigenvalue weighted by molar-refractivity contribution is -0.0717. The number of ether oxygens (including phenoxy) is 1. The smallest absolute Gasteiger partial charge is 0.168 e. The zero-order valence-electron chi connectivity index (χ0n) is 10.3. The van der Waals surface area contributed by atoms with Gasteiger partial charge in [0.05, 0.1) is 12.9 Å². The summed E-state index contributed by atoms with van der Waals surface area (Å²) < 4.78 is 7.07. The van der Waals surface area contributed by atoms with Crippen LogP contribution in [0.3, 0.4) is 0 Å². The van der Waals surface area contributed by atoms with Crippen LogP contribution in [0.4, 0.5) is 5.82 Å². The van der Waals surface area contributed by atoms with E-state index in [0.29, 0.717) is 11.2 Å². The number of aromatic nitrogens is 4. The lowest BCUT2D eigenvalue weighted by Gasteiger charge is -2.19. The molecule has 0 aliphatic carbocycles. The highest BCUT2D eigenvalue weighted by molar-refractivity contribution is 5.81. The van der Waals surface area contributed by atoms with Gasteiger partial charge in [-0.2, -0.15) is 0 Å². The van der Waals surface area contributed by atoms with Crippen molar-refractivity contribution in [3.05, 3.63) is 12.7 Å². The van der Waals surface area contributed by atoms with Crippen LogP contribution in [0.15, 0.2) is 12.7 Å². The summed E-state index contributed by atoms with van der Waals surface area (Å²) in [4.78, 5) is 16.8. The highest BCUT2D eigenvalue weighted by atomic mass is 16.7. The molecule has 0 spiro atoms. The number of fused-ring (bicyclic) bond motifs is 1. The molecule has 3 rings (SSSR count). The van der Waals surface area contributed by atoms with E-state index in [2.05, 4.69) is 15.0 Å². The molecule has 1 fully saturated rings. The zero-order chi connectivity index (χ0) is 14.3. The van der Waals surface area contributed by atoms with E-state index in [4.69, 9.17) is 21.2 Å². The molecule has 0 radical (unpaired) electrons.